The molecule has 1 N–H and O–H groups in total. The molecule has 0 atom stereocenters. The number of anilines is 1. The first-order chi connectivity index (χ1) is 8.86. The van der Waals surface area contributed by atoms with E-state index in [4.69, 9.17) is 0 Å². The average molecular weight is 256 g/mol. The van der Waals surface area contributed by atoms with Crippen LogP contribution in [0, 0.1) is 0 Å². The molecule has 18 heavy (non-hydrogen) atoms. The van der Waals surface area contributed by atoms with Crippen molar-refractivity contribution in [3.8, 4) is 11.4 Å². The minimum Gasteiger partial charge on any atom is -0.370 e. The molecular weight excluding hydrogens is 244 g/mol. The van der Waals surface area contributed by atoms with Crippen LogP contribution < -0.4 is 5.32 Å². The smallest absolute Gasteiger partial charge is 0.163 e. The predicted molar refractivity (Wildman–Crippen MR) is 74.8 cm³/mol. The first-order valence-corrected chi connectivity index (χ1v) is 6.65. The average Bonchev–Trinajstić information content (AvgIpc) is 2.86. The Labute approximate surface area is 109 Å². The summed E-state index contributed by atoms with van der Waals surface area (Å²) in [6.45, 7) is 2.89. The van der Waals surface area contributed by atoms with Crippen molar-refractivity contribution in [2.45, 2.75) is 6.92 Å². The highest BCUT2D eigenvalue weighted by atomic mass is 32.1. The maximum Gasteiger partial charge on any atom is 0.163 e. The van der Waals surface area contributed by atoms with Crippen molar-refractivity contribution in [3.63, 3.8) is 0 Å². The highest BCUT2D eigenvalue weighted by Gasteiger charge is 2.05. The first kappa shape index (κ1) is 11.1. The maximum atomic E-state index is 4.47. The summed E-state index contributed by atoms with van der Waals surface area (Å²) in [6.07, 6.45) is 3.58. The number of nitrogens with zero attached hydrogens (tertiary/aromatic N) is 3. The van der Waals surface area contributed by atoms with Gasteiger partial charge < -0.3 is 5.32 Å². The van der Waals surface area contributed by atoms with E-state index in [1.54, 1.807) is 17.5 Å². The zero-order chi connectivity index (χ0) is 12.4. The van der Waals surface area contributed by atoms with E-state index in [9.17, 15) is 0 Å². The Hall–Kier alpha value is -2.01. The summed E-state index contributed by atoms with van der Waals surface area (Å²) in [5, 5.41) is 5.22. The molecule has 0 aliphatic rings. The van der Waals surface area contributed by atoms with Crippen LogP contribution in [0.4, 0.5) is 5.82 Å². The molecule has 3 heterocycles. The van der Waals surface area contributed by atoms with Gasteiger partial charge in [0.15, 0.2) is 5.82 Å². The number of thiophene rings is 1. The number of hydrogen-bond donors (Lipinski definition) is 1. The van der Waals surface area contributed by atoms with E-state index >= 15 is 0 Å². The molecule has 0 radical (unpaired) electrons. The quantitative estimate of drug-likeness (QED) is 0.782. The lowest BCUT2D eigenvalue weighted by Gasteiger charge is -2.04. The summed E-state index contributed by atoms with van der Waals surface area (Å²) in [5.41, 5.74) is 1.97. The lowest BCUT2D eigenvalue weighted by Crippen LogP contribution is -2.00. The first-order valence-electron chi connectivity index (χ1n) is 5.77. The number of rotatable bonds is 3. The molecule has 90 valence electrons. The molecule has 0 spiro atoms. The van der Waals surface area contributed by atoms with Crippen molar-refractivity contribution >= 4 is 27.4 Å². The predicted octanol–water partition coefficient (Wildman–Crippen LogP) is 3.19. The number of aromatic nitrogens is 3. The highest BCUT2D eigenvalue weighted by Crippen LogP contribution is 2.24. The largest absolute Gasteiger partial charge is 0.370 e. The van der Waals surface area contributed by atoms with E-state index in [0.717, 1.165) is 28.1 Å². The zero-order valence-corrected chi connectivity index (χ0v) is 10.7. The Kier molecular flexibility index (Phi) is 2.90. The van der Waals surface area contributed by atoms with Crippen molar-refractivity contribution in [2.75, 3.05) is 11.9 Å². The van der Waals surface area contributed by atoms with Gasteiger partial charge in [0.05, 0.1) is 10.2 Å². The van der Waals surface area contributed by atoms with Crippen molar-refractivity contribution in [2.24, 2.45) is 0 Å². The molecule has 3 aromatic heterocycles. The van der Waals surface area contributed by atoms with Crippen LogP contribution in [-0.2, 0) is 0 Å². The van der Waals surface area contributed by atoms with Gasteiger partial charge in [-0.3, -0.25) is 4.98 Å². The van der Waals surface area contributed by atoms with Gasteiger partial charge in [-0.05, 0) is 30.5 Å². The van der Waals surface area contributed by atoms with E-state index in [0.29, 0.717) is 5.82 Å². The van der Waals surface area contributed by atoms with Gasteiger partial charge in [-0.15, -0.1) is 11.3 Å². The minimum atomic E-state index is 0.705. The van der Waals surface area contributed by atoms with Gasteiger partial charge in [0, 0.05) is 24.5 Å². The fourth-order valence-electron chi connectivity index (χ4n) is 1.75. The van der Waals surface area contributed by atoms with Crippen molar-refractivity contribution in [1.29, 1.82) is 0 Å². The Morgan fingerprint density at radius 1 is 1.28 bits per heavy atom. The Balaban J connectivity index is 2.04. The molecule has 0 saturated heterocycles. The molecule has 0 fully saturated rings. The van der Waals surface area contributed by atoms with Crippen LogP contribution in [0.3, 0.4) is 0 Å². The fraction of sp³-hybridized carbons (Fsp3) is 0.154. The van der Waals surface area contributed by atoms with E-state index < -0.39 is 0 Å². The van der Waals surface area contributed by atoms with Crippen molar-refractivity contribution in [3.05, 3.63) is 36.0 Å². The van der Waals surface area contributed by atoms with E-state index in [1.807, 2.05) is 30.6 Å². The summed E-state index contributed by atoms with van der Waals surface area (Å²) in [5.74, 6) is 1.55. The highest BCUT2D eigenvalue weighted by molar-refractivity contribution is 7.17. The molecule has 0 aliphatic heterocycles. The van der Waals surface area contributed by atoms with Gasteiger partial charge in [0.1, 0.15) is 5.82 Å². The molecule has 0 saturated carbocycles. The summed E-state index contributed by atoms with van der Waals surface area (Å²) in [7, 11) is 0. The number of pyridine rings is 1. The van der Waals surface area contributed by atoms with E-state index in [-0.39, 0.29) is 0 Å². The van der Waals surface area contributed by atoms with Gasteiger partial charge in [-0.25, -0.2) is 9.97 Å². The van der Waals surface area contributed by atoms with E-state index in [1.165, 1.54) is 0 Å². The molecule has 0 bridgehead atoms. The third kappa shape index (κ3) is 2.04. The SMILES string of the molecule is CCNc1ccnc(-c2cnc3ccsc3c2)n1. The standard InChI is InChI=1S/C13H12N4S/c1-2-14-12-3-5-15-13(17-12)9-7-11-10(16-8-9)4-6-18-11/h3-8H,2H2,1H3,(H,14,15,17). The normalized spacial score (nSPS) is 10.7. The van der Waals surface area contributed by atoms with E-state index in [2.05, 4.69) is 26.3 Å². The second-order valence-corrected chi connectivity index (χ2v) is 4.77. The molecular formula is C13H12N4S. The summed E-state index contributed by atoms with van der Waals surface area (Å²) in [4.78, 5) is 13.2. The van der Waals surface area contributed by atoms with Crippen LogP contribution in [0.2, 0.25) is 0 Å². The number of hydrogen-bond acceptors (Lipinski definition) is 5. The molecule has 5 heteroatoms. The third-order valence-corrected chi connectivity index (χ3v) is 3.43. The lowest BCUT2D eigenvalue weighted by molar-refractivity contribution is 1.11. The van der Waals surface area contributed by atoms with Crippen LogP contribution in [-0.4, -0.2) is 21.5 Å². The van der Waals surface area contributed by atoms with Crippen LogP contribution in [0.15, 0.2) is 36.0 Å². The molecule has 4 nitrogen and oxygen atoms in total. The maximum absolute atomic E-state index is 4.47. The molecule has 0 unspecified atom stereocenters. The monoisotopic (exact) mass is 256 g/mol. The lowest BCUT2D eigenvalue weighted by atomic mass is 10.2. The van der Waals surface area contributed by atoms with Crippen LogP contribution >= 0.6 is 11.3 Å². The van der Waals surface area contributed by atoms with Crippen LogP contribution in [0.25, 0.3) is 21.6 Å². The summed E-state index contributed by atoms with van der Waals surface area (Å²) < 4.78 is 1.16. The molecule has 3 aromatic rings. The van der Waals surface area contributed by atoms with Gasteiger partial charge in [0.25, 0.3) is 0 Å². The second-order valence-electron chi connectivity index (χ2n) is 3.82. The molecule has 0 aromatic carbocycles. The van der Waals surface area contributed by atoms with Gasteiger partial charge in [-0.2, -0.15) is 0 Å². The zero-order valence-electron chi connectivity index (χ0n) is 9.92. The number of fused-ring (bicyclic) bond motifs is 1. The van der Waals surface area contributed by atoms with Crippen LogP contribution in [0.5, 0.6) is 0 Å². The fourth-order valence-corrected chi connectivity index (χ4v) is 2.53. The topological polar surface area (TPSA) is 50.7 Å². The molecule has 0 amide bonds. The summed E-state index contributed by atoms with van der Waals surface area (Å²) in [6, 6.07) is 5.96. The Morgan fingerprint density at radius 3 is 3.11 bits per heavy atom. The summed E-state index contributed by atoms with van der Waals surface area (Å²) >= 11 is 1.68. The second kappa shape index (κ2) is 4.70. The Morgan fingerprint density at radius 2 is 2.22 bits per heavy atom. The van der Waals surface area contributed by atoms with Crippen LogP contribution in [0.1, 0.15) is 6.92 Å². The van der Waals surface area contributed by atoms with Crippen molar-refractivity contribution < 1.29 is 0 Å². The Bertz CT molecular complexity index is 677. The number of nitrogens with one attached hydrogen (secondary N) is 1. The van der Waals surface area contributed by atoms with Gasteiger partial charge in [0.2, 0.25) is 0 Å². The van der Waals surface area contributed by atoms with Crippen molar-refractivity contribution in [1.82, 2.24) is 15.0 Å². The van der Waals surface area contributed by atoms with Gasteiger partial charge in [-0.1, -0.05) is 0 Å². The molecule has 0 aliphatic carbocycles. The molecule has 3 rings (SSSR count). The minimum absolute atomic E-state index is 0.705. The van der Waals surface area contributed by atoms with Gasteiger partial charge >= 0.3 is 0 Å². The third-order valence-electron chi connectivity index (χ3n) is 2.57.